The van der Waals surface area contributed by atoms with Crippen molar-refractivity contribution >= 4 is 0 Å². The molecule has 136 valence electrons. The molecule has 1 aromatic carbocycles. The summed E-state index contributed by atoms with van der Waals surface area (Å²) in [7, 11) is 0. The van der Waals surface area contributed by atoms with Crippen molar-refractivity contribution in [3.05, 3.63) is 53.7 Å². The zero-order valence-corrected chi connectivity index (χ0v) is 15.4. The Morgan fingerprint density at radius 3 is 2.88 bits per heavy atom. The van der Waals surface area contributed by atoms with Gasteiger partial charge in [-0.1, -0.05) is 13.0 Å². The number of aromatic nitrogens is 1. The first-order valence-electron chi connectivity index (χ1n) is 10.1. The van der Waals surface area contributed by atoms with Gasteiger partial charge in [-0.15, -0.1) is 0 Å². The van der Waals surface area contributed by atoms with Gasteiger partial charge in [-0.3, -0.25) is 0 Å². The summed E-state index contributed by atoms with van der Waals surface area (Å²) in [5, 5.41) is 10.5. The van der Waals surface area contributed by atoms with Crippen LogP contribution in [0.1, 0.15) is 56.1 Å². The van der Waals surface area contributed by atoms with E-state index in [9.17, 15) is 5.11 Å². The van der Waals surface area contributed by atoms with Gasteiger partial charge in [0, 0.05) is 6.07 Å². The van der Waals surface area contributed by atoms with Gasteiger partial charge in [0.25, 0.3) is 0 Å². The number of rotatable bonds is 2. The second-order valence-corrected chi connectivity index (χ2v) is 8.74. The van der Waals surface area contributed by atoms with E-state index in [1.807, 2.05) is 24.4 Å². The molecule has 1 heterocycles. The number of aliphatic hydroxyl groups is 1. The lowest BCUT2D eigenvalue weighted by Crippen LogP contribution is -2.43. The maximum absolute atomic E-state index is 10.5. The van der Waals surface area contributed by atoms with E-state index in [0.717, 1.165) is 36.8 Å². The number of aliphatic hydroxyl groups excluding tert-OH is 1. The van der Waals surface area contributed by atoms with E-state index in [4.69, 9.17) is 4.74 Å². The molecule has 2 aromatic rings. The number of ether oxygens (including phenoxy) is 1. The number of nitrogens with one attached hydrogen (secondary N) is 1. The van der Waals surface area contributed by atoms with Gasteiger partial charge >= 0.3 is 5.88 Å². The minimum atomic E-state index is -0.0901. The first-order valence-corrected chi connectivity index (χ1v) is 10.1. The van der Waals surface area contributed by atoms with Crippen LogP contribution in [0.4, 0.5) is 0 Å². The Bertz CT molecular complexity index is 805. The van der Waals surface area contributed by atoms with Crippen LogP contribution in [0.2, 0.25) is 0 Å². The van der Waals surface area contributed by atoms with Crippen LogP contribution in [0.3, 0.4) is 0 Å². The average Bonchev–Trinajstić information content (AvgIpc) is 2.97. The molecule has 0 saturated heterocycles. The third-order valence-corrected chi connectivity index (χ3v) is 7.56. The number of H-pyrrole nitrogens is 1. The van der Waals surface area contributed by atoms with Gasteiger partial charge in [-0.25, -0.2) is 0 Å². The van der Waals surface area contributed by atoms with Gasteiger partial charge in [-0.05, 0) is 91.0 Å². The Labute approximate surface area is 155 Å². The Hall–Kier alpha value is -1.87. The van der Waals surface area contributed by atoms with Crippen molar-refractivity contribution in [1.29, 1.82) is 0 Å². The smallest absolute Gasteiger partial charge is 0.371 e. The molecule has 26 heavy (non-hydrogen) atoms. The molecule has 0 unspecified atom stereocenters. The van der Waals surface area contributed by atoms with Crippen LogP contribution in [0, 0.1) is 17.3 Å². The molecule has 2 fully saturated rings. The number of hydrogen-bond acceptors (Lipinski definition) is 2. The van der Waals surface area contributed by atoms with Crippen LogP contribution < -0.4 is 9.72 Å². The summed E-state index contributed by atoms with van der Waals surface area (Å²) in [5.74, 6) is 3.79. The third-order valence-electron chi connectivity index (χ3n) is 7.56. The zero-order valence-electron chi connectivity index (χ0n) is 15.4. The van der Waals surface area contributed by atoms with Gasteiger partial charge in [-0.2, -0.15) is 4.98 Å². The van der Waals surface area contributed by atoms with Crippen molar-refractivity contribution in [3.8, 4) is 11.6 Å². The van der Waals surface area contributed by atoms with E-state index < -0.39 is 0 Å². The summed E-state index contributed by atoms with van der Waals surface area (Å²) in [6.07, 6.45) is 8.77. The number of benzene rings is 1. The van der Waals surface area contributed by atoms with Crippen molar-refractivity contribution in [1.82, 2.24) is 0 Å². The number of hydrogen-bond donors (Lipinski definition) is 1. The Morgan fingerprint density at radius 1 is 1.12 bits per heavy atom. The fourth-order valence-electron chi connectivity index (χ4n) is 6.16. The summed E-state index contributed by atoms with van der Waals surface area (Å²) >= 11 is 0. The summed E-state index contributed by atoms with van der Waals surface area (Å²) in [6.45, 7) is 2.34. The second-order valence-electron chi connectivity index (χ2n) is 8.74. The molecule has 3 aliphatic rings. The van der Waals surface area contributed by atoms with Gasteiger partial charge in [0.05, 0.1) is 12.2 Å². The molecule has 3 heteroatoms. The predicted octanol–water partition coefficient (Wildman–Crippen LogP) is 4.51. The van der Waals surface area contributed by atoms with E-state index in [2.05, 4.69) is 30.1 Å². The molecule has 0 radical (unpaired) electrons. The largest absolute Gasteiger partial charge is 0.405 e. The van der Waals surface area contributed by atoms with Crippen LogP contribution in [0.25, 0.3) is 0 Å². The quantitative estimate of drug-likeness (QED) is 0.866. The molecule has 0 amide bonds. The molecule has 5 atom stereocenters. The summed E-state index contributed by atoms with van der Waals surface area (Å²) in [5.41, 5.74) is 3.15. The van der Waals surface area contributed by atoms with E-state index in [-0.39, 0.29) is 11.5 Å². The van der Waals surface area contributed by atoms with Crippen molar-refractivity contribution < 1.29 is 14.8 Å². The first-order chi connectivity index (χ1) is 12.6. The maximum Gasteiger partial charge on any atom is 0.371 e. The summed E-state index contributed by atoms with van der Waals surface area (Å²) in [4.78, 5) is 3.13. The monoisotopic (exact) mass is 350 g/mol. The van der Waals surface area contributed by atoms with Crippen molar-refractivity contribution in [2.75, 3.05) is 0 Å². The molecule has 0 bridgehead atoms. The lowest BCUT2D eigenvalue weighted by Gasteiger charge is -2.50. The van der Waals surface area contributed by atoms with Crippen LogP contribution in [0.15, 0.2) is 42.6 Å². The minimum Gasteiger partial charge on any atom is -0.405 e. The average molecular weight is 350 g/mol. The topological polar surface area (TPSA) is 43.6 Å². The number of aromatic amines is 1. The Morgan fingerprint density at radius 2 is 2.04 bits per heavy atom. The highest BCUT2D eigenvalue weighted by Gasteiger charge is 2.54. The summed E-state index contributed by atoms with van der Waals surface area (Å²) in [6, 6.07) is 12.5. The fourth-order valence-corrected chi connectivity index (χ4v) is 6.16. The molecule has 0 spiro atoms. The van der Waals surface area contributed by atoms with E-state index in [1.165, 1.54) is 30.4 Å². The lowest BCUT2D eigenvalue weighted by atomic mass is 9.55. The number of fused-ring (bicyclic) bond motifs is 5. The molecule has 2 N–H and O–H groups in total. The highest BCUT2D eigenvalue weighted by Crippen LogP contribution is 2.60. The normalized spacial score (nSPS) is 35.3. The van der Waals surface area contributed by atoms with E-state index in [0.29, 0.717) is 11.8 Å². The molecular weight excluding hydrogens is 322 g/mol. The van der Waals surface area contributed by atoms with Crippen LogP contribution in [0.5, 0.6) is 11.6 Å². The van der Waals surface area contributed by atoms with Crippen molar-refractivity contribution in [3.63, 3.8) is 0 Å². The van der Waals surface area contributed by atoms with E-state index >= 15 is 0 Å². The van der Waals surface area contributed by atoms with Crippen LogP contribution in [-0.4, -0.2) is 11.2 Å². The van der Waals surface area contributed by atoms with Gasteiger partial charge in [0.2, 0.25) is 0 Å². The van der Waals surface area contributed by atoms with Crippen molar-refractivity contribution in [2.45, 2.75) is 57.5 Å². The number of pyridine rings is 1. The molecule has 3 aliphatic carbocycles. The van der Waals surface area contributed by atoms with Crippen LogP contribution in [-0.2, 0) is 6.42 Å². The second kappa shape index (κ2) is 6.09. The fraction of sp³-hybridized carbons (Fsp3) is 0.522. The highest BCUT2D eigenvalue weighted by molar-refractivity contribution is 5.41. The molecule has 0 aliphatic heterocycles. The minimum absolute atomic E-state index is 0.0901. The molecule has 2 saturated carbocycles. The van der Waals surface area contributed by atoms with Gasteiger partial charge in [0.1, 0.15) is 5.75 Å². The third kappa shape index (κ3) is 2.48. The molecule has 3 nitrogen and oxygen atoms in total. The SMILES string of the molecule is C[C@]12CC[C@@H]3c4ccc(Oc5cccc[nH+]5)cc4CC[C@H]3[C@@H]1CC[C@@H]2O. The van der Waals surface area contributed by atoms with E-state index in [1.54, 1.807) is 0 Å². The molecule has 1 aromatic heterocycles. The summed E-state index contributed by atoms with van der Waals surface area (Å²) < 4.78 is 5.99. The Kier molecular flexibility index (Phi) is 3.82. The maximum atomic E-state index is 10.5. The van der Waals surface area contributed by atoms with Gasteiger partial charge < -0.3 is 9.84 Å². The molecular formula is C23H28NO2+. The van der Waals surface area contributed by atoms with Gasteiger partial charge in [0.15, 0.2) is 6.20 Å². The predicted molar refractivity (Wildman–Crippen MR) is 100 cm³/mol. The number of aryl methyl sites for hydroxylation is 1. The van der Waals surface area contributed by atoms with Crippen LogP contribution >= 0.6 is 0 Å². The zero-order chi connectivity index (χ0) is 17.7. The first kappa shape index (κ1) is 16.3. The van der Waals surface area contributed by atoms with Crippen molar-refractivity contribution in [2.24, 2.45) is 17.3 Å². The lowest BCUT2D eigenvalue weighted by molar-refractivity contribution is -0.390. The Balaban J connectivity index is 1.41. The molecule has 5 rings (SSSR count). The standard InChI is InChI=1S/C23H27NO2/c1-23-12-11-18-17-8-6-16(26-22-4-2-3-13-24-22)14-15(17)5-7-19(18)20(23)9-10-21(23)25/h2-4,6,8,13-14,18-21,25H,5,7,9-12H2,1H3/p+1/t18-,19-,20+,21+,23+/m1/s1. The highest BCUT2D eigenvalue weighted by atomic mass is 16.5.